The number of phosphoric acid groups is 2. The minimum Gasteiger partial charge on any atom is -0.462 e. The van der Waals surface area contributed by atoms with Crippen LogP contribution in [0.15, 0.2) is 72.9 Å². The molecule has 0 rings (SSSR count). The molecule has 0 aromatic heterocycles. The quantitative estimate of drug-likeness (QED) is 0.0169. The Kier molecular flexibility index (Phi) is 71.2. The molecule has 5 atom stereocenters. The predicted octanol–water partition coefficient (Wildman–Crippen LogP) is 23.2. The minimum atomic E-state index is -4.98. The highest BCUT2D eigenvalue weighted by Gasteiger charge is 2.30. The third-order valence-corrected chi connectivity index (χ3v) is 19.0. The van der Waals surface area contributed by atoms with Gasteiger partial charge in [-0.25, -0.2) is 9.13 Å². The van der Waals surface area contributed by atoms with Crippen LogP contribution in [0.1, 0.15) is 362 Å². The van der Waals surface area contributed by atoms with Crippen LogP contribution in [-0.2, 0) is 65.4 Å². The first-order valence-corrected chi connectivity index (χ1v) is 43.2. The van der Waals surface area contributed by atoms with Crippen molar-refractivity contribution in [1.82, 2.24) is 0 Å². The van der Waals surface area contributed by atoms with Crippen molar-refractivity contribution in [3.8, 4) is 0 Å². The van der Waals surface area contributed by atoms with Crippen LogP contribution in [-0.4, -0.2) is 96.7 Å². The number of carbonyl (C=O) groups excluding carboxylic acids is 4. The number of hydrogen-bond acceptors (Lipinski definition) is 15. The van der Waals surface area contributed by atoms with Crippen molar-refractivity contribution in [2.45, 2.75) is 380 Å². The molecule has 0 amide bonds. The summed E-state index contributed by atoms with van der Waals surface area (Å²) in [5.74, 6) is -2.19. The molecule has 0 heterocycles. The van der Waals surface area contributed by atoms with Crippen molar-refractivity contribution in [2.24, 2.45) is 0 Å². The Labute approximate surface area is 609 Å². The second kappa shape index (κ2) is 73.8. The maximum atomic E-state index is 13.1. The lowest BCUT2D eigenvalue weighted by atomic mass is 10.1. The highest BCUT2D eigenvalue weighted by Crippen LogP contribution is 2.45. The van der Waals surface area contributed by atoms with E-state index in [1.807, 2.05) is 0 Å². The molecule has 0 spiro atoms. The lowest BCUT2D eigenvalue weighted by Gasteiger charge is -2.21. The van der Waals surface area contributed by atoms with Crippen LogP contribution >= 0.6 is 15.6 Å². The highest BCUT2D eigenvalue weighted by molar-refractivity contribution is 7.47. The molecule has 0 aliphatic carbocycles. The molecule has 0 fully saturated rings. The van der Waals surface area contributed by atoms with Crippen LogP contribution in [0.5, 0.6) is 0 Å². The van der Waals surface area contributed by atoms with E-state index in [-0.39, 0.29) is 25.7 Å². The van der Waals surface area contributed by atoms with Gasteiger partial charge in [0, 0.05) is 25.7 Å². The zero-order valence-corrected chi connectivity index (χ0v) is 65.4. The molecule has 3 N–H and O–H groups in total. The molecule has 582 valence electrons. The van der Waals surface area contributed by atoms with Gasteiger partial charge in [-0.05, 0) is 141 Å². The molecule has 2 unspecified atom stereocenters. The number of aliphatic hydroxyl groups is 1. The topological polar surface area (TPSA) is 237 Å². The molecule has 17 nitrogen and oxygen atoms in total. The summed E-state index contributed by atoms with van der Waals surface area (Å²) in [4.78, 5) is 73.0. The van der Waals surface area contributed by atoms with Gasteiger partial charge in [0.25, 0.3) is 0 Å². The fourth-order valence-electron chi connectivity index (χ4n) is 10.9. The first-order valence-electron chi connectivity index (χ1n) is 40.2. The number of ether oxygens (including phenoxy) is 4. The summed E-state index contributed by atoms with van der Waals surface area (Å²) < 4.78 is 68.6. The minimum absolute atomic E-state index is 0.0781. The van der Waals surface area contributed by atoms with Crippen LogP contribution in [0, 0.1) is 0 Å². The van der Waals surface area contributed by atoms with Gasteiger partial charge in [-0.15, -0.1) is 0 Å². The second-order valence-corrected chi connectivity index (χ2v) is 29.9. The number of aliphatic hydroxyl groups excluding tert-OH is 1. The maximum Gasteiger partial charge on any atom is 0.472 e. The van der Waals surface area contributed by atoms with Crippen molar-refractivity contribution in [1.29, 1.82) is 0 Å². The van der Waals surface area contributed by atoms with Gasteiger partial charge in [0.1, 0.15) is 19.3 Å². The first-order chi connectivity index (χ1) is 48.7. The van der Waals surface area contributed by atoms with E-state index in [4.69, 9.17) is 37.0 Å². The predicted molar refractivity (Wildman–Crippen MR) is 409 cm³/mol. The van der Waals surface area contributed by atoms with Crippen molar-refractivity contribution < 1.29 is 80.2 Å². The van der Waals surface area contributed by atoms with E-state index in [0.717, 1.165) is 167 Å². The fourth-order valence-corrected chi connectivity index (χ4v) is 12.5. The summed E-state index contributed by atoms with van der Waals surface area (Å²) in [6.45, 7) is 4.81. The zero-order chi connectivity index (χ0) is 73.2. The summed E-state index contributed by atoms with van der Waals surface area (Å²) in [5.41, 5.74) is 0. The number of hydrogen-bond donors (Lipinski definition) is 3. The van der Waals surface area contributed by atoms with Gasteiger partial charge in [0.05, 0.1) is 26.4 Å². The van der Waals surface area contributed by atoms with E-state index in [9.17, 15) is 43.2 Å². The molecule has 0 radical (unpaired) electrons. The van der Waals surface area contributed by atoms with Gasteiger partial charge in [0.15, 0.2) is 12.2 Å². The SMILES string of the molecule is CCCCC/C=C\C/C=C/CCCCCCCC(=O)O[C@H](COC(=O)CCCCCCC/C=C/C/C=C/CCCCC)COP(=O)(O)OC[C@@H](O)COP(=O)(O)OC[C@@H](COC(=O)CCCCCCC/C=C/CCCCCCCC)OC(=O)CCCCCCCCCC/C=C/CCCCC. The van der Waals surface area contributed by atoms with Gasteiger partial charge in [0.2, 0.25) is 0 Å². The molecule has 0 aromatic rings. The molecular weight excluding hydrogens is 1310 g/mol. The smallest absolute Gasteiger partial charge is 0.462 e. The summed E-state index contributed by atoms with van der Waals surface area (Å²) >= 11 is 0. The number of unbranched alkanes of at least 4 members (excludes halogenated alkanes) is 38. The lowest BCUT2D eigenvalue weighted by Crippen LogP contribution is -2.30. The Morgan fingerprint density at radius 3 is 0.770 bits per heavy atom. The van der Waals surface area contributed by atoms with E-state index < -0.39 is 97.5 Å². The van der Waals surface area contributed by atoms with Gasteiger partial charge in [-0.2, -0.15) is 0 Å². The van der Waals surface area contributed by atoms with Crippen molar-refractivity contribution in [2.75, 3.05) is 39.6 Å². The van der Waals surface area contributed by atoms with E-state index in [1.54, 1.807) is 0 Å². The van der Waals surface area contributed by atoms with Gasteiger partial charge in [-0.1, -0.05) is 268 Å². The summed E-state index contributed by atoms with van der Waals surface area (Å²) in [5, 5.41) is 10.6. The first kappa shape index (κ1) is 96.5. The van der Waals surface area contributed by atoms with Crippen LogP contribution in [0.4, 0.5) is 0 Å². The largest absolute Gasteiger partial charge is 0.472 e. The molecule has 0 aliphatic heterocycles. The number of rotatable bonds is 76. The molecular formula is C81H146O17P2. The van der Waals surface area contributed by atoms with Gasteiger partial charge in [-0.3, -0.25) is 37.3 Å². The highest BCUT2D eigenvalue weighted by atomic mass is 31.2. The summed E-state index contributed by atoms with van der Waals surface area (Å²) in [7, 11) is -9.95. The molecule has 0 saturated carbocycles. The number of esters is 4. The second-order valence-electron chi connectivity index (χ2n) is 27.0. The van der Waals surface area contributed by atoms with Crippen LogP contribution in [0.25, 0.3) is 0 Å². The average molecular weight is 1450 g/mol. The Morgan fingerprint density at radius 2 is 0.490 bits per heavy atom. The van der Waals surface area contributed by atoms with E-state index >= 15 is 0 Å². The standard InChI is InChI=1S/C81H146O17P2/c1-5-9-13-17-21-25-29-33-37-41-45-49-53-57-61-65-78(83)91-71-76(97-80(85)67-63-59-55-51-47-43-39-35-31-27-23-19-15-11-7-3)73-95-99(87,88)93-69-75(82)70-94-100(89,90)96-74-77(98-81(86)68-64-60-56-52-48-44-40-36-32-28-24-20-16-12-8-4)72-92-79(84)66-62-58-54-50-46-42-38-34-30-26-22-18-14-10-6-2/h21,23-25,27-28,33-35,37-39,75-77,82H,5-20,22,26,29-32,36,40-74H2,1-4H3,(H,87,88)(H,89,90)/b25-21+,27-23-,28-24+,37-33+,38-34+,39-35+/t75-,76-,77-/m1/s1. The monoisotopic (exact) mass is 1450 g/mol. The van der Waals surface area contributed by atoms with Crippen LogP contribution < -0.4 is 0 Å². The molecule has 0 bridgehead atoms. The van der Waals surface area contributed by atoms with Crippen molar-refractivity contribution >= 4 is 39.5 Å². The fraction of sp³-hybridized carbons (Fsp3) is 0.802. The Balaban J connectivity index is 5.36. The average Bonchev–Trinajstić information content (AvgIpc) is 1.25. The molecule has 19 heteroatoms. The van der Waals surface area contributed by atoms with Gasteiger partial charge < -0.3 is 33.8 Å². The summed E-state index contributed by atoms with van der Waals surface area (Å²) in [6, 6.07) is 0. The van der Waals surface area contributed by atoms with Crippen molar-refractivity contribution in [3.63, 3.8) is 0 Å². The van der Waals surface area contributed by atoms with E-state index in [0.29, 0.717) is 25.7 Å². The van der Waals surface area contributed by atoms with E-state index in [1.165, 1.54) is 116 Å². The third-order valence-electron chi connectivity index (χ3n) is 17.1. The Hall–Kier alpha value is -3.50. The Bertz CT molecular complexity index is 2180. The number of phosphoric ester groups is 2. The van der Waals surface area contributed by atoms with Crippen LogP contribution in [0.3, 0.4) is 0 Å². The molecule has 0 aromatic carbocycles. The zero-order valence-electron chi connectivity index (χ0n) is 63.6. The van der Waals surface area contributed by atoms with Crippen LogP contribution in [0.2, 0.25) is 0 Å². The normalized spacial score (nSPS) is 14.3. The van der Waals surface area contributed by atoms with E-state index in [2.05, 4.69) is 101 Å². The van der Waals surface area contributed by atoms with Crippen molar-refractivity contribution in [3.05, 3.63) is 72.9 Å². The van der Waals surface area contributed by atoms with Gasteiger partial charge >= 0.3 is 39.5 Å². The molecule has 0 saturated heterocycles. The molecule has 100 heavy (non-hydrogen) atoms. The lowest BCUT2D eigenvalue weighted by molar-refractivity contribution is -0.161. The maximum absolute atomic E-state index is 13.1. The summed E-state index contributed by atoms with van der Waals surface area (Å²) in [6.07, 6.45) is 74.4. The molecule has 0 aliphatic rings. The number of allylic oxidation sites excluding steroid dienone is 12. The number of carbonyl (C=O) groups is 4. The third kappa shape index (κ3) is 72.8. The Morgan fingerprint density at radius 1 is 0.280 bits per heavy atom.